The third-order valence-electron chi connectivity index (χ3n) is 4.24. The number of methoxy groups -OCH3 is 1. The van der Waals surface area contributed by atoms with Crippen LogP contribution in [0.15, 0.2) is 18.2 Å². The Morgan fingerprint density at radius 2 is 1.52 bits per heavy atom. The lowest BCUT2D eigenvalue weighted by Crippen LogP contribution is -2.30. The van der Waals surface area contributed by atoms with Crippen LogP contribution in [0.4, 0.5) is 0 Å². The van der Waals surface area contributed by atoms with Crippen molar-refractivity contribution in [2.24, 2.45) is 5.92 Å². The Bertz CT molecular complexity index is 560. The molecule has 0 amide bonds. The van der Waals surface area contributed by atoms with Crippen molar-refractivity contribution in [1.82, 2.24) is 0 Å². The van der Waals surface area contributed by atoms with Gasteiger partial charge in [0.2, 0.25) is 0 Å². The monoisotopic (exact) mass is 380 g/mol. The highest BCUT2D eigenvalue weighted by Crippen LogP contribution is 2.27. The molecule has 0 aliphatic heterocycles. The Morgan fingerprint density at radius 3 is 2.00 bits per heavy atom. The van der Waals surface area contributed by atoms with E-state index in [9.17, 15) is 14.7 Å². The number of benzene rings is 1. The number of ether oxygens (including phenoxy) is 3. The van der Waals surface area contributed by atoms with E-state index in [1.54, 1.807) is 12.1 Å². The highest BCUT2D eigenvalue weighted by Gasteiger charge is 2.30. The van der Waals surface area contributed by atoms with E-state index in [1.807, 2.05) is 0 Å². The molecule has 6 nitrogen and oxygen atoms in total. The molecule has 0 bridgehead atoms. The first-order valence-corrected chi connectivity index (χ1v) is 9.72. The minimum Gasteiger partial charge on any atom is -0.504 e. The fourth-order valence-electron chi connectivity index (χ4n) is 2.60. The summed E-state index contributed by atoms with van der Waals surface area (Å²) in [7, 11) is 1.44. The smallest absolute Gasteiger partial charge is 0.320 e. The molecular formula is C21H32O6. The molecule has 1 aromatic carbocycles. The second-order valence-electron chi connectivity index (χ2n) is 6.51. The van der Waals surface area contributed by atoms with E-state index in [0.29, 0.717) is 24.5 Å². The van der Waals surface area contributed by atoms with Crippen molar-refractivity contribution >= 4 is 11.9 Å². The zero-order chi connectivity index (χ0) is 20.1. The molecular weight excluding hydrogens is 348 g/mol. The molecule has 0 spiro atoms. The molecule has 0 saturated carbocycles. The third kappa shape index (κ3) is 8.33. The molecule has 0 aliphatic carbocycles. The lowest BCUT2D eigenvalue weighted by atomic mass is 9.99. The van der Waals surface area contributed by atoms with Crippen LogP contribution < -0.4 is 4.74 Å². The number of phenols is 1. The number of carbonyl (C=O) groups excluding carboxylic acids is 2. The number of carbonyl (C=O) groups is 2. The zero-order valence-electron chi connectivity index (χ0n) is 16.7. The molecule has 27 heavy (non-hydrogen) atoms. The van der Waals surface area contributed by atoms with Gasteiger partial charge < -0.3 is 19.3 Å². The Hall–Kier alpha value is -2.24. The van der Waals surface area contributed by atoms with Gasteiger partial charge >= 0.3 is 11.9 Å². The fourth-order valence-corrected chi connectivity index (χ4v) is 2.60. The van der Waals surface area contributed by atoms with E-state index in [0.717, 1.165) is 38.5 Å². The Balaban J connectivity index is 2.79. The summed E-state index contributed by atoms with van der Waals surface area (Å²) in [5.74, 6) is -1.87. The lowest BCUT2D eigenvalue weighted by molar-refractivity contribution is -0.162. The maximum atomic E-state index is 12.5. The Kier molecular flexibility index (Phi) is 11.0. The first-order chi connectivity index (χ1) is 13.0. The van der Waals surface area contributed by atoms with Crippen LogP contribution in [0.1, 0.15) is 57.9 Å². The number of phenolic OH excluding ortho intramolecular Hbond substituents is 1. The number of aromatic hydroxyl groups is 1. The third-order valence-corrected chi connectivity index (χ3v) is 4.24. The standard InChI is InChI=1S/C21H32O6/c1-4-6-8-12-26-20(23)17(21(24)27-13-9-7-5-2)14-16-10-11-18(22)19(15-16)25-3/h10-11,15,17,22H,4-9,12-14H2,1-3H3. The van der Waals surface area contributed by atoms with Gasteiger partial charge in [0.15, 0.2) is 17.4 Å². The predicted molar refractivity (Wildman–Crippen MR) is 103 cm³/mol. The van der Waals surface area contributed by atoms with Crippen molar-refractivity contribution in [3.8, 4) is 11.5 Å². The average molecular weight is 380 g/mol. The maximum Gasteiger partial charge on any atom is 0.320 e. The summed E-state index contributed by atoms with van der Waals surface area (Å²) in [6.07, 6.45) is 5.65. The van der Waals surface area contributed by atoms with Crippen molar-refractivity contribution in [3.05, 3.63) is 23.8 Å². The second kappa shape index (κ2) is 13.0. The molecule has 0 radical (unpaired) electrons. The number of unbranched alkanes of at least 4 members (excludes halogenated alkanes) is 4. The van der Waals surface area contributed by atoms with Gasteiger partial charge in [0.05, 0.1) is 20.3 Å². The number of rotatable bonds is 13. The van der Waals surface area contributed by atoms with Crippen molar-refractivity contribution in [3.63, 3.8) is 0 Å². The summed E-state index contributed by atoms with van der Waals surface area (Å²) < 4.78 is 15.7. The molecule has 0 unspecified atom stereocenters. The molecule has 0 aromatic heterocycles. The van der Waals surface area contributed by atoms with Gasteiger partial charge in [0.1, 0.15) is 0 Å². The first kappa shape index (κ1) is 22.8. The Labute approximate surface area is 161 Å². The van der Waals surface area contributed by atoms with Crippen LogP contribution in [0.25, 0.3) is 0 Å². The quantitative estimate of drug-likeness (QED) is 0.316. The molecule has 0 atom stereocenters. The SMILES string of the molecule is CCCCCOC(=O)C(Cc1ccc(O)c(OC)c1)C(=O)OCCCCC. The van der Waals surface area contributed by atoms with Gasteiger partial charge in [-0.15, -0.1) is 0 Å². The summed E-state index contributed by atoms with van der Waals surface area (Å²) in [6, 6.07) is 4.74. The second-order valence-corrected chi connectivity index (χ2v) is 6.51. The largest absolute Gasteiger partial charge is 0.504 e. The summed E-state index contributed by atoms with van der Waals surface area (Å²) in [6.45, 7) is 4.73. The van der Waals surface area contributed by atoms with Crippen LogP contribution in [0.2, 0.25) is 0 Å². The van der Waals surface area contributed by atoms with E-state index in [4.69, 9.17) is 14.2 Å². The van der Waals surface area contributed by atoms with Crippen LogP contribution in [0, 0.1) is 5.92 Å². The number of esters is 2. The average Bonchev–Trinajstić information content (AvgIpc) is 2.67. The molecule has 0 aliphatic rings. The zero-order valence-corrected chi connectivity index (χ0v) is 16.7. The Morgan fingerprint density at radius 1 is 0.963 bits per heavy atom. The summed E-state index contributed by atoms with van der Waals surface area (Å²) in [4.78, 5) is 24.9. The van der Waals surface area contributed by atoms with E-state index in [-0.39, 0.29) is 12.2 Å². The normalized spacial score (nSPS) is 10.7. The predicted octanol–water partition coefficient (Wildman–Crippen LogP) is 4.03. The molecule has 1 aromatic rings. The summed E-state index contributed by atoms with van der Waals surface area (Å²) in [5.41, 5.74) is 0.686. The molecule has 1 N–H and O–H groups in total. The topological polar surface area (TPSA) is 82.1 Å². The van der Waals surface area contributed by atoms with Gasteiger partial charge in [-0.1, -0.05) is 45.6 Å². The maximum absolute atomic E-state index is 12.5. The van der Waals surface area contributed by atoms with Gasteiger partial charge in [-0.25, -0.2) is 0 Å². The van der Waals surface area contributed by atoms with E-state index < -0.39 is 17.9 Å². The van der Waals surface area contributed by atoms with Crippen LogP contribution in [-0.4, -0.2) is 37.4 Å². The van der Waals surface area contributed by atoms with E-state index >= 15 is 0 Å². The summed E-state index contributed by atoms with van der Waals surface area (Å²) in [5, 5.41) is 9.71. The van der Waals surface area contributed by atoms with E-state index in [1.165, 1.54) is 13.2 Å². The van der Waals surface area contributed by atoms with Crippen molar-refractivity contribution < 1.29 is 28.9 Å². The molecule has 0 fully saturated rings. The lowest BCUT2D eigenvalue weighted by Gasteiger charge is -2.16. The fraction of sp³-hybridized carbons (Fsp3) is 0.619. The van der Waals surface area contributed by atoms with E-state index in [2.05, 4.69) is 13.8 Å². The number of hydrogen-bond acceptors (Lipinski definition) is 6. The van der Waals surface area contributed by atoms with Crippen LogP contribution in [0.5, 0.6) is 11.5 Å². The van der Waals surface area contributed by atoms with Crippen molar-refractivity contribution in [1.29, 1.82) is 0 Å². The van der Waals surface area contributed by atoms with Gasteiger partial charge in [-0.2, -0.15) is 0 Å². The van der Waals surface area contributed by atoms with Crippen LogP contribution in [-0.2, 0) is 25.5 Å². The van der Waals surface area contributed by atoms with Gasteiger partial charge in [0, 0.05) is 0 Å². The molecule has 6 heteroatoms. The highest BCUT2D eigenvalue weighted by molar-refractivity contribution is 5.95. The van der Waals surface area contributed by atoms with Gasteiger partial charge in [-0.3, -0.25) is 9.59 Å². The van der Waals surface area contributed by atoms with Crippen LogP contribution in [0.3, 0.4) is 0 Å². The van der Waals surface area contributed by atoms with Crippen LogP contribution >= 0.6 is 0 Å². The van der Waals surface area contributed by atoms with Gasteiger partial charge in [-0.05, 0) is 37.0 Å². The molecule has 1 rings (SSSR count). The number of hydrogen-bond donors (Lipinski definition) is 1. The molecule has 0 saturated heterocycles. The first-order valence-electron chi connectivity index (χ1n) is 9.72. The van der Waals surface area contributed by atoms with Crippen molar-refractivity contribution in [2.75, 3.05) is 20.3 Å². The molecule has 152 valence electrons. The van der Waals surface area contributed by atoms with Crippen molar-refractivity contribution in [2.45, 2.75) is 58.8 Å². The van der Waals surface area contributed by atoms with Gasteiger partial charge in [0.25, 0.3) is 0 Å². The minimum atomic E-state index is -1.03. The highest BCUT2D eigenvalue weighted by atomic mass is 16.6. The minimum absolute atomic E-state index is 0.00193. The summed E-state index contributed by atoms with van der Waals surface area (Å²) >= 11 is 0. The molecule has 0 heterocycles.